The van der Waals surface area contributed by atoms with Crippen LogP contribution < -0.4 is 11.1 Å². The smallest absolute Gasteiger partial charge is 0.196 e. The van der Waals surface area contributed by atoms with Crippen LogP contribution in [0.25, 0.3) is 0 Å². The lowest BCUT2D eigenvalue weighted by Crippen LogP contribution is -2.23. The van der Waals surface area contributed by atoms with Crippen molar-refractivity contribution in [2.45, 2.75) is 13.8 Å². The van der Waals surface area contributed by atoms with E-state index in [0.717, 1.165) is 16.8 Å². The molecule has 0 aliphatic heterocycles. The Labute approximate surface area is 151 Å². The molecule has 0 fully saturated rings. The molecule has 1 aliphatic rings. The van der Waals surface area contributed by atoms with E-state index in [9.17, 15) is 9.59 Å². The van der Waals surface area contributed by atoms with E-state index in [2.05, 4.69) is 11.4 Å². The Hall–Kier alpha value is -3.40. The number of nitrogens with two attached hydrogens (primary N) is 1. The quantitative estimate of drug-likeness (QED) is 0.530. The normalized spacial score (nSPS) is 12.5. The Morgan fingerprint density at radius 1 is 0.769 bits per heavy atom. The number of fused-ring (bicyclic) bond motifs is 2. The molecule has 3 N–H and O–H groups in total. The van der Waals surface area contributed by atoms with Crippen LogP contribution in [0.4, 0.5) is 17.1 Å². The number of ketones is 2. The molecule has 0 spiro atoms. The minimum atomic E-state index is -0.211. The average Bonchev–Trinajstić information content (AvgIpc) is 2.63. The van der Waals surface area contributed by atoms with Crippen LogP contribution in [0.5, 0.6) is 0 Å². The fraction of sp³-hybridized carbons (Fsp3) is 0.0909. The maximum Gasteiger partial charge on any atom is 0.196 e. The first kappa shape index (κ1) is 16.1. The Bertz CT molecular complexity index is 1080. The van der Waals surface area contributed by atoms with E-state index in [4.69, 9.17) is 5.73 Å². The first-order valence-corrected chi connectivity index (χ1v) is 8.42. The van der Waals surface area contributed by atoms with Gasteiger partial charge in [-0.25, -0.2) is 0 Å². The van der Waals surface area contributed by atoms with Crippen LogP contribution in [0.3, 0.4) is 0 Å². The summed E-state index contributed by atoms with van der Waals surface area (Å²) < 4.78 is 0. The molecule has 0 unspecified atom stereocenters. The third kappa shape index (κ3) is 2.39. The van der Waals surface area contributed by atoms with Gasteiger partial charge in [0.05, 0.1) is 16.8 Å². The zero-order valence-electron chi connectivity index (χ0n) is 14.6. The molecule has 4 nitrogen and oxygen atoms in total. The van der Waals surface area contributed by atoms with E-state index in [1.165, 1.54) is 0 Å². The largest absolute Gasteiger partial charge is 0.398 e. The van der Waals surface area contributed by atoms with Crippen molar-refractivity contribution < 1.29 is 9.59 Å². The molecule has 4 heteroatoms. The summed E-state index contributed by atoms with van der Waals surface area (Å²) in [7, 11) is 0. The van der Waals surface area contributed by atoms with Gasteiger partial charge in [0.25, 0.3) is 0 Å². The number of nitrogens with one attached hydrogen (secondary N) is 1. The summed E-state index contributed by atoms with van der Waals surface area (Å²) in [5.74, 6) is -0.397. The molecular weight excluding hydrogens is 324 g/mol. The molecule has 128 valence electrons. The minimum Gasteiger partial charge on any atom is -0.398 e. The van der Waals surface area contributed by atoms with Crippen molar-refractivity contribution >= 4 is 28.6 Å². The van der Waals surface area contributed by atoms with Gasteiger partial charge < -0.3 is 11.1 Å². The molecule has 0 saturated carbocycles. The predicted molar refractivity (Wildman–Crippen MR) is 103 cm³/mol. The molecule has 1 aliphatic carbocycles. The Kier molecular flexibility index (Phi) is 3.62. The van der Waals surface area contributed by atoms with Crippen LogP contribution >= 0.6 is 0 Å². The molecule has 4 rings (SSSR count). The molecule has 0 saturated heterocycles. The second-order valence-electron chi connectivity index (χ2n) is 6.60. The van der Waals surface area contributed by atoms with Gasteiger partial charge in [-0.2, -0.15) is 0 Å². The summed E-state index contributed by atoms with van der Waals surface area (Å²) in [6.45, 7) is 4.03. The van der Waals surface area contributed by atoms with E-state index in [-0.39, 0.29) is 17.1 Å². The van der Waals surface area contributed by atoms with Crippen molar-refractivity contribution in [3.8, 4) is 0 Å². The maximum absolute atomic E-state index is 13.1. The number of hydrogen-bond donors (Lipinski definition) is 2. The maximum atomic E-state index is 13.1. The molecule has 26 heavy (non-hydrogen) atoms. The summed E-state index contributed by atoms with van der Waals surface area (Å²) in [5, 5.41) is 3.31. The van der Waals surface area contributed by atoms with E-state index < -0.39 is 0 Å². The lowest BCUT2D eigenvalue weighted by Gasteiger charge is -2.22. The monoisotopic (exact) mass is 342 g/mol. The number of nitrogen functional groups attached to an aromatic ring is 1. The van der Waals surface area contributed by atoms with Gasteiger partial charge in [-0.1, -0.05) is 42.0 Å². The number of hydrogen-bond acceptors (Lipinski definition) is 4. The van der Waals surface area contributed by atoms with E-state index >= 15 is 0 Å². The van der Waals surface area contributed by atoms with E-state index in [1.807, 2.05) is 26.0 Å². The van der Waals surface area contributed by atoms with Gasteiger partial charge in [-0.05, 0) is 37.6 Å². The van der Waals surface area contributed by atoms with Gasteiger partial charge in [0.15, 0.2) is 11.6 Å². The van der Waals surface area contributed by atoms with Gasteiger partial charge in [-0.3, -0.25) is 9.59 Å². The predicted octanol–water partition coefficient (Wildman–Crippen LogP) is 4.40. The zero-order valence-corrected chi connectivity index (χ0v) is 14.6. The highest BCUT2D eigenvalue weighted by molar-refractivity contribution is 6.31. The summed E-state index contributed by atoms with van der Waals surface area (Å²) in [6, 6.07) is 16.3. The van der Waals surface area contributed by atoms with Crippen molar-refractivity contribution in [3.05, 3.63) is 88.0 Å². The molecule has 0 atom stereocenters. The molecule has 0 heterocycles. The van der Waals surface area contributed by atoms with E-state index in [0.29, 0.717) is 28.1 Å². The summed E-state index contributed by atoms with van der Waals surface area (Å²) in [4.78, 5) is 26.0. The van der Waals surface area contributed by atoms with Crippen LogP contribution in [-0.4, -0.2) is 11.6 Å². The zero-order chi connectivity index (χ0) is 18.4. The SMILES string of the molecule is Cc1ccc(Nc2ccc(N)c3c2C(=O)c2ccccc2C3=O)c(C)c1. The first-order chi connectivity index (χ1) is 12.5. The lowest BCUT2D eigenvalue weighted by molar-refractivity contribution is 0.0980. The number of aryl methyl sites for hydroxylation is 2. The summed E-state index contributed by atoms with van der Waals surface area (Å²) >= 11 is 0. The third-order valence-electron chi connectivity index (χ3n) is 4.76. The van der Waals surface area contributed by atoms with Gasteiger partial charge in [-0.15, -0.1) is 0 Å². The Balaban J connectivity index is 1.89. The Morgan fingerprint density at radius 2 is 1.38 bits per heavy atom. The van der Waals surface area contributed by atoms with Crippen LogP contribution in [-0.2, 0) is 0 Å². The molecular formula is C22H18N2O2. The molecule has 3 aromatic carbocycles. The highest BCUT2D eigenvalue weighted by Crippen LogP contribution is 2.36. The summed E-state index contributed by atoms with van der Waals surface area (Å²) in [6.07, 6.45) is 0. The van der Waals surface area contributed by atoms with Crippen molar-refractivity contribution in [1.82, 2.24) is 0 Å². The number of carbonyl (C=O) groups excluding carboxylic acids is 2. The number of rotatable bonds is 2. The molecule has 0 aromatic heterocycles. The van der Waals surface area contributed by atoms with Gasteiger partial charge in [0, 0.05) is 22.5 Å². The third-order valence-corrected chi connectivity index (χ3v) is 4.76. The number of carbonyl (C=O) groups is 2. The Morgan fingerprint density at radius 3 is 2.04 bits per heavy atom. The van der Waals surface area contributed by atoms with Crippen LogP contribution in [0.15, 0.2) is 54.6 Å². The molecule has 0 bridgehead atoms. The van der Waals surface area contributed by atoms with Crippen molar-refractivity contribution in [2.75, 3.05) is 11.1 Å². The van der Waals surface area contributed by atoms with Gasteiger partial charge in [0.1, 0.15) is 0 Å². The fourth-order valence-electron chi connectivity index (χ4n) is 3.45. The van der Waals surface area contributed by atoms with Crippen molar-refractivity contribution in [1.29, 1.82) is 0 Å². The fourth-order valence-corrected chi connectivity index (χ4v) is 3.45. The standard InChI is InChI=1S/C22H18N2O2/c1-12-7-9-17(13(2)11-12)24-18-10-8-16(23)19-20(18)22(26)15-6-4-3-5-14(15)21(19)25/h3-11,24H,23H2,1-2H3. The van der Waals surface area contributed by atoms with Crippen molar-refractivity contribution in [2.24, 2.45) is 0 Å². The molecule has 0 radical (unpaired) electrons. The average molecular weight is 342 g/mol. The van der Waals surface area contributed by atoms with E-state index in [1.54, 1.807) is 36.4 Å². The molecule has 0 amide bonds. The highest BCUT2D eigenvalue weighted by Gasteiger charge is 2.33. The second-order valence-corrected chi connectivity index (χ2v) is 6.60. The van der Waals surface area contributed by atoms with Crippen LogP contribution in [0.1, 0.15) is 43.0 Å². The minimum absolute atomic E-state index is 0.185. The van der Waals surface area contributed by atoms with Gasteiger partial charge in [0.2, 0.25) is 0 Å². The number of anilines is 3. The topological polar surface area (TPSA) is 72.2 Å². The molecule has 3 aromatic rings. The van der Waals surface area contributed by atoms with Gasteiger partial charge >= 0.3 is 0 Å². The summed E-state index contributed by atoms with van der Waals surface area (Å²) in [5.41, 5.74) is 11.5. The first-order valence-electron chi connectivity index (χ1n) is 8.42. The lowest BCUT2D eigenvalue weighted by atomic mass is 9.82. The van der Waals surface area contributed by atoms with Crippen LogP contribution in [0.2, 0.25) is 0 Å². The second kappa shape index (κ2) is 5.85. The number of benzene rings is 3. The van der Waals surface area contributed by atoms with Crippen molar-refractivity contribution in [3.63, 3.8) is 0 Å². The van der Waals surface area contributed by atoms with Crippen LogP contribution in [0, 0.1) is 13.8 Å². The highest BCUT2D eigenvalue weighted by atomic mass is 16.1.